The van der Waals surface area contributed by atoms with Crippen molar-refractivity contribution in [3.05, 3.63) is 36.2 Å². The normalized spacial score (nSPS) is 18.4. The summed E-state index contributed by atoms with van der Waals surface area (Å²) in [5.74, 6) is 1.84. The summed E-state index contributed by atoms with van der Waals surface area (Å²) in [6.45, 7) is 2.73. The molecule has 8 heteroatoms. The molecule has 0 spiro atoms. The van der Waals surface area contributed by atoms with E-state index in [4.69, 9.17) is 9.72 Å². The first-order valence-electron chi connectivity index (χ1n) is 9.47. The fraction of sp³-hybridized carbons (Fsp3) is 0.474. The van der Waals surface area contributed by atoms with Crippen LogP contribution in [0.15, 0.2) is 30.6 Å². The number of hydrazine groups is 1. The second-order valence-corrected chi connectivity index (χ2v) is 6.78. The number of anilines is 3. The highest BCUT2D eigenvalue weighted by molar-refractivity contribution is 5.82. The third-order valence-corrected chi connectivity index (χ3v) is 4.95. The van der Waals surface area contributed by atoms with E-state index in [0.717, 1.165) is 38.0 Å². The van der Waals surface area contributed by atoms with Gasteiger partial charge in [0.25, 0.3) is 0 Å². The smallest absolute Gasteiger partial charge is 0.248 e. The van der Waals surface area contributed by atoms with Crippen molar-refractivity contribution in [2.24, 2.45) is 0 Å². The minimum absolute atomic E-state index is 0.359. The lowest BCUT2D eigenvalue weighted by atomic mass is 10.2. The van der Waals surface area contributed by atoms with E-state index in [-0.39, 0.29) is 0 Å². The number of nitrogens with one attached hydrogen (secondary N) is 1. The van der Waals surface area contributed by atoms with Crippen molar-refractivity contribution < 1.29 is 9.53 Å². The lowest BCUT2D eigenvalue weighted by molar-refractivity contribution is 0.0368. The molecule has 0 radical (unpaired) electrons. The van der Waals surface area contributed by atoms with E-state index in [1.165, 1.54) is 12.8 Å². The van der Waals surface area contributed by atoms with E-state index in [9.17, 15) is 4.79 Å². The van der Waals surface area contributed by atoms with Crippen molar-refractivity contribution in [1.29, 1.82) is 0 Å². The number of nitrogens with zero attached hydrogens (tertiary/aromatic N) is 5. The van der Waals surface area contributed by atoms with Gasteiger partial charge in [0.05, 0.1) is 18.8 Å². The molecule has 27 heavy (non-hydrogen) atoms. The van der Waals surface area contributed by atoms with Crippen molar-refractivity contribution in [3.8, 4) is 0 Å². The molecule has 0 atom stereocenters. The summed E-state index contributed by atoms with van der Waals surface area (Å²) in [5.41, 5.74) is 0.480. The predicted molar refractivity (Wildman–Crippen MR) is 102 cm³/mol. The summed E-state index contributed by atoms with van der Waals surface area (Å²) < 4.78 is 5.48. The first-order valence-corrected chi connectivity index (χ1v) is 9.47. The summed E-state index contributed by atoms with van der Waals surface area (Å²) in [6.07, 6.45) is 8.76. The van der Waals surface area contributed by atoms with E-state index in [1.54, 1.807) is 12.4 Å². The molecule has 3 heterocycles. The summed E-state index contributed by atoms with van der Waals surface area (Å²) in [7, 11) is 0. The first-order chi connectivity index (χ1) is 13.3. The molecule has 8 nitrogen and oxygen atoms in total. The molecule has 1 saturated heterocycles. The van der Waals surface area contributed by atoms with Crippen LogP contribution in [0.25, 0.3) is 0 Å². The summed E-state index contributed by atoms with van der Waals surface area (Å²) >= 11 is 0. The number of morpholine rings is 1. The Labute approximate surface area is 158 Å². The molecule has 0 bridgehead atoms. The predicted octanol–water partition coefficient (Wildman–Crippen LogP) is 2.42. The minimum atomic E-state index is 0.359. The van der Waals surface area contributed by atoms with Crippen molar-refractivity contribution in [2.75, 3.05) is 36.6 Å². The van der Waals surface area contributed by atoms with Crippen LogP contribution in [-0.4, -0.2) is 58.6 Å². The Balaban J connectivity index is 1.69. The van der Waals surface area contributed by atoms with Crippen molar-refractivity contribution in [3.63, 3.8) is 0 Å². The van der Waals surface area contributed by atoms with Crippen molar-refractivity contribution in [2.45, 2.75) is 31.7 Å². The second kappa shape index (κ2) is 8.41. The van der Waals surface area contributed by atoms with Gasteiger partial charge in [-0.15, -0.1) is 0 Å². The third-order valence-electron chi connectivity index (χ3n) is 4.95. The second-order valence-electron chi connectivity index (χ2n) is 6.78. The van der Waals surface area contributed by atoms with Gasteiger partial charge < -0.3 is 10.1 Å². The number of hydrogen-bond donors (Lipinski definition) is 1. The molecule has 1 aliphatic heterocycles. The van der Waals surface area contributed by atoms with Crippen LogP contribution in [0, 0.1) is 0 Å². The average Bonchev–Trinajstić information content (AvgIpc) is 3.23. The molecule has 1 saturated carbocycles. The lowest BCUT2D eigenvalue weighted by Gasteiger charge is -2.36. The summed E-state index contributed by atoms with van der Waals surface area (Å²) in [4.78, 5) is 25.1. The molecule has 0 aromatic carbocycles. The molecule has 0 unspecified atom stereocenters. The van der Waals surface area contributed by atoms with Gasteiger partial charge in [-0.05, 0) is 25.0 Å². The fourth-order valence-electron chi connectivity index (χ4n) is 3.56. The zero-order valence-corrected chi connectivity index (χ0v) is 15.3. The minimum Gasteiger partial charge on any atom is -0.379 e. The van der Waals surface area contributed by atoms with Gasteiger partial charge in [-0.3, -0.25) is 4.79 Å². The van der Waals surface area contributed by atoms with Gasteiger partial charge in [0, 0.05) is 31.5 Å². The fourth-order valence-corrected chi connectivity index (χ4v) is 3.56. The molecule has 2 fully saturated rings. The van der Waals surface area contributed by atoms with Crippen LogP contribution < -0.4 is 10.3 Å². The Kier molecular flexibility index (Phi) is 5.55. The highest BCUT2D eigenvalue weighted by Crippen LogP contribution is 2.27. The molecule has 2 aromatic heterocycles. The molecular formula is C19H24N6O2. The van der Waals surface area contributed by atoms with Gasteiger partial charge in [-0.2, -0.15) is 4.98 Å². The number of carbonyl (C=O) groups is 1. The van der Waals surface area contributed by atoms with E-state index >= 15 is 0 Å². The van der Waals surface area contributed by atoms with E-state index < -0.39 is 0 Å². The zero-order chi connectivity index (χ0) is 18.5. The van der Waals surface area contributed by atoms with Gasteiger partial charge >= 0.3 is 0 Å². The zero-order valence-electron chi connectivity index (χ0n) is 15.3. The van der Waals surface area contributed by atoms with Crippen molar-refractivity contribution in [1.82, 2.24) is 20.0 Å². The standard InChI is InChI=1S/C19H24N6O2/c26-14-15-13-21-19(23-18(15)22-16-5-1-2-6-16)25(17-7-3-4-8-20-17)24-9-11-27-12-10-24/h3-4,7-8,13-14,16H,1-2,5-6,9-12H2,(H,21,22,23). The van der Waals surface area contributed by atoms with Crippen LogP contribution in [0.5, 0.6) is 0 Å². The Morgan fingerprint density at radius 3 is 2.70 bits per heavy atom. The quantitative estimate of drug-likeness (QED) is 0.779. The SMILES string of the molecule is O=Cc1cnc(N(c2ccccn2)N2CCOCC2)nc1NC1CCCC1. The Morgan fingerprint density at radius 1 is 1.19 bits per heavy atom. The lowest BCUT2D eigenvalue weighted by Crippen LogP contribution is -2.47. The van der Waals surface area contributed by atoms with E-state index in [2.05, 4.69) is 20.3 Å². The number of rotatable bonds is 6. The maximum absolute atomic E-state index is 11.5. The number of hydrogen-bond acceptors (Lipinski definition) is 8. The maximum Gasteiger partial charge on any atom is 0.248 e. The van der Waals surface area contributed by atoms with Gasteiger partial charge in [-0.25, -0.2) is 20.0 Å². The summed E-state index contributed by atoms with van der Waals surface area (Å²) in [6, 6.07) is 6.10. The monoisotopic (exact) mass is 368 g/mol. The molecule has 0 amide bonds. The number of pyridine rings is 1. The molecule has 4 rings (SSSR count). The third kappa shape index (κ3) is 4.06. The average molecular weight is 368 g/mol. The molecule has 142 valence electrons. The van der Waals surface area contributed by atoms with Crippen LogP contribution in [0.4, 0.5) is 17.6 Å². The Morgan fingerprint density at radius 2 is 2.00 bits per heavy atom. The first kappa shape index (κ1) is 17.8. The van der Waals surface area contributed by atoms with Gasteiger partial charge in [0.1, 0.15) is 11.6 Å². The van der Waals surface area contributed by atoms with Crippen LogP contribution in [-0.2, 0) is 4.74 Å². The number of ether oxygens (including phenoxy) is 1. The van der Waals surface area contributed by atoms with Crippen LogP contribution in [0.2, 0.25) is 0 Å². The Hall–Kier alpha value is -2.58. The van der Waals surface area contributed by atoms with Crippen LogP contribution in [0.3, 0.4) is 0 Å². The van der Waals surface area contributed by atoms with E-state index in [1.807, 2.05) is 23.2 Å². The molecule has 1 aliphatic carbocycles. The molecule has 1 N–H and O–H groups in total. The highest BCUT2D eigenvalue weighted by Gasteiger charge is 2.25. The molecular weight excluding hydrogens is 344 g/mol. The van der Waals surface area contributed by atoms with E-state index in [0.29, 0.717) is 36.6 Å². The Bertz CT molecular complexity index is 760. The molecule has 2 aliphatic rings. The summed E-state index contributed by atoms with van der Waals surface area (Å²) in [5, 5.41) is 7.48. The topological polar surface area (TPSA) is 83.5 Å². The van der Waals surface area contributed by atoms with Gasteiger partial charge in [-0.1, -0.05) is 18.9 Å². The van der Waals surface area contributed by atoms with Gasteiger partial charge in [0.2, 0.25) is 5.95 Å². The number of aromatic nitrogens is 3. The van der Waals surface area contributed by atoms with Gasteiger partial charge in [0.15, 0.2) is 6.29 Å². The molecule has 2 aromatic rings. The maximum atomic E-state index is 11.5. The van der Waals surface area contributed by atoms with Crippen LogP contribution in [0.1, 0.15) is 36.0 Å². The largest absolute Gasteiger partial charge is 0.379 e. The van der Waals surface area contributed by atoms with Crippen molar-refractivity contribution >= 4 is 23.9 Å². The number of carbonyl (C=O) groups excluding carboxylic acids is 1. The van der Waals surface area contributed by atoms with Crippen LogP contribution >= 0.6 is 0 Å². The number of aldehydes is 1. The highest BCUT2D eigenvalue weighted by atomic mass is 16.5.